The summed E-state index contributed by atoms with van der Waals surface area (Å²) in [5.74, 6) is -0.227. The van der Waals surface area contributed by atoms with Gasteiger partial charge in [-0.1, -0.05) is 6.42 Å². The Kier molecular flexibility index (Phi) is 3.43. The molecule has 1 aliphatic heterocycles. The third kappa shape index (κ3) is 2.35. The second-order valence-electron chi connectivity index (χ2n) is 3.76. The van der Waals surface area contributed by atoms with Crippen LogP contribution in [0.5, 0.6) is 0 Å². The zero-order chi connectivity index (χ0) is 11.5. The van der Waals surface area contributed by atoms with Crippen LogP contribution in [-0.2, 0) is 4.79 Å². The van der Waals surface area contributed by atoms with Gasteiger partial charge in [0.05, 0.1) is 0 Å². The number of rotatable bonds is 1. The predicted octanol–water partition coefficient (Wildman–Crippen LogP) is 2.58. The first-order chi connectivity index (χ1) is 7.68. The van der Waals surface area contributed by atoms with Gasteiger partial charge in [-0.25, -0.2) is 0 Å². The molecular formula is C11H12BrNO3. The van der Waals surface area contributed by atoms with Gasteiger partial charge >= 0.3 is 0 Å². The summed E-state index contributed by atoms with van der Waals surface area (Å²) < 4.78 is 5.66. The van der Waals surface area contributed by atoms with E-state index in [9.17, 15) is 9.59 Å². The lowest BCUT2D eigenvalue weighted by atomic mass is 10.2. The Morgan fingerprint density at radius 3 is 2.81 bits per heavy atom. The highest BCUT2D eigenvalue weighted by Gasteiger charge is 2.26. The quantitative estimate of drug-likeness (QED) is 0.745. The number of halogens is 1. The van der Waals surface area contributed by atoms with E-state index in [0.29, 0.717) is 17.6 Å². The number of carbonyl (C=O) groups excluding carboxylic acids is 2. The Hall–Kier alpha value is -1.10. The van der Waals surface area contributed by atoms with Gasteiger partial charge in [-0.15, -0.1) is 0 Å². The highest BCUT2D eigenvalue weighted by atomic mass is 79.9. The summed E-state index contributed by atoms with van der Waals surface area (Å²) in [5, 5.41) is 0. The summed E-state index contributed by atoms with van der Waals surface area (Å²) in [6.45, 7) is 0.496. The molecule has 0 unspecified atom stereocenters. The Bertz CT molecular complexity index is 413. The molecule has 2 amide bonds. The highest BCUT2D eigenvalue weighted by molar-refractivity contribution is 9.10. The van der Waals surface area contributed by atoms with Crippen molar-refractivity contribution in [1.82, 2.24) is 4.90 Å². The zero-order valence-corrected chi connectivity index (χ0v) is 10.3. The summed E-state index contributed by atoms with van der Waals surface area (Å²) in [6.07, 6.45) is 3.19. The lowest BCUT2D eigenvalue weighted by Gasteiger charge is -2.16. The number of amides is 2. The van der Waals surface area contributed by atoms with Crippen molar-refractivity contribution in [3.63, 3.8) is 0 Å². The van der Waals surface area contributed by atoms with Gasteiger partial charge in [0.1, 0.15) is 0 Å². The smallest absolute Gasteiger partial charge is 0.296 e. The molecule has 0 bridgehead atoms. The largest absolute Gasteiger partial charge is 0.444 e. The van der Waals surface area contributed by atoms with Crippen LogP contribution < -0.4 is 0 Å². The topological polar surface area (TPSA) is 50.5 Å². The van der Waals surface area contributed by atoms with Gasteiger partial charge in [0.25, 0.3) is 5.91 Å². The Morgan fingerprint density at radius 2 is 2.12 bits per heavy atom. The molecule has 16 heavy (non-hydrogen) atoms. The minimum absolute atomic E-state index is 0.102. The zero-order valence-electron chi connectivity index (χ0n) is 8.74. The molecule has 0 atom stereocenters. The number of imide groups is 1. The lowest BCUT2D eigenvalue weighted by molar-refractivity contribution is -0.128. The van der Waals surface area contributed by atoms with Gasteiger partial charge in [0.15, 0.2) is 10.4 Å². The molecule has 0 N–H and O–H groups in total. The van der Waals surface area contributed by atoms with Crippen molar-refractivity contribution in [1.29, 1.82) is 0 Å². The van der Waals surface area contributed by atoms with E-state index >= 15 is 0 Å². The SMILES string of the molecule is O=C1CCCCCN1C(=O)c1ccc(Br)o1. The number of carbonyl (C=O) groups is 2. The molecule has 86 valence electrons. The van der Waals surface area contributed by atoms with Crippen molar-refractivity contribution in [3.05, 3.63) is 22.6 Å². The van der Waals surface area contributed by atoms with E-state index in [-0.39, 0.29) is 17.6 Å². The van der Waals surface area contributed by atoms with Gasteiger partial charge in [-0.05, 0) is 40.9 Å². The summed E-state index contributed by atoms with van der Waals surface area (Å²) in [6, 6.07) is 3.22. The average Bonchev–Trinajstić information content (AvgIpc) is 2.57. The van der Waals surface area contributed by atoms with Crippen LogP contribution in [0.15, 0.2) is 21.2 Å². The maximum atomic E-state index is 12.0. The average molecular weight is 286 g/mol. The minimum Gasteiger partial charge on any atom is -0.444 e. The second kappa shape index (κ2) is 4.82. The maximum Gasteiger partial charge on any atom is 0.296 e. The first-order valence-corrected chi connectivity index (χ1v) is 6.08. The predicted molar refractivity (Wildman–Crippen MR) is 60.9 cm³/mol. The van der Waals surface area contributed by atoms with Crippen molar-refractivity contribution in [2.24, 2.45) is 0 Å². The van der Waals surface area contributed by atoms with E-state index in [4.69, 9.17) is 4.42 Å². The molecule has 1 fully saturated rings. The number of furan rings is 1. The van der Waals surface area contributed by atoms with E-state index in [1.807, 2.05) is 0 Å². The molecule has 0 radical (unpaired) electrons. The molecular weight excluding hydrogens is 274 g/mol. The van der Waals surface area contributed by atoms with Crippen LogP contribution in [0.3, 0.4) is 0 Å². The second-order valence-corrected chi connectivity index (χ2v) is 4.55. The Labute approximate surface area is 102 Å². The Morgan fingerprint density at radius 1 is 1.31 bits per heavy atom. The number of nitrogens with zero attached hydrogens (tertiary/aromatic N) is 1. The van der Waals surface area contributed by atoms with Gasteiger partial charge in [0.2, 0.25) is 5.91 Å². The summed E-state index contributed by atoms with van der Waals surface area (Å²) in [4.78, 5) is 24.9. The first kappa shape index (κ1) is 11.4. The van der Waals surface area contributed by atoms with Gasteiger partial charge < -0.3 is 4.42 Å². The molecule has 0 aromatic carbocycles. The molecule has 4 nitrogen and oxygen atoms in total. The molecule has 1 aromatic heterocycles. The molecule has 0 spiro atoms. The van der Waals surface area contributed by atoms with Gasteiger partial charge in [-0.2, -0.15) is 0 Å². The van der Waals surface area contributed by atoms with Crippen molar-refractivity contribution in [3.8, 4) is 0 Å². The number of likely N-dealkylation sites (tertiary alicyclic amines) is 1. The summed E-state index contributed by atoms with van der Waals surface area (Å²) >= 11 is 3.13. The lowest BCUT2D eigenvalue weighted by Crippen LogP contribution is -2.36. The van der Waals surface area contributed by atoms with Gasteiger partial charge in [0, 0.05) is 13.0 Å². The van der Waals surface area contributed by atoms with Crippen LogP contribution in [0.25, 0.3) is 0 Å². The molecule has 1 aromatic rings. The Balaban J connectivity index is 2.16. The fraction of sp³-hybridized carbons (Fsp3) is 0.455. The van der Waals surface area contributed by atoms with Crippen molar-refractivity contribution in [2.75, 3.05) is 6.54 Å². The van der Waals surface area contributed by atoms with Crippen molar-refractivity contribution in [2.45, 2.75) is 25.7 Å². The van der Waals surface area contributed by atoms with E-state index in [1.54, 1.807) is 12.1 Å². The molecule has 0 saturated carbocycles. The number of hydrogen-bond acceptors (Lipinski definition) is 3. The third-order valence-corrected chi connectivity index (χ3v) is 3.03. The maximum absolute atomic E-state index is 12.0. The summed E-state index contributed by atoms with van der Waals surface area (Å²) in [7, 11) is 0. The molecule has 5 heteroatoms. The van der Waals surface area contributed by atoms with Crippen molar-refractivity contribution >= 4 is 27.7 Å². The van der Waals surface area contributed by atoms with Crippen molar-refractivity contribution < 1.29 is 14.0 Å². The number of hydrogen-bond donors (Lipinski definition) is 0. The van der Waals surface area contributed by atoms with Crippen LogP contribution in [0, 0.1) is 0 Å². The van der Waals surface area contributed by atoms with Crippen LogP contribution in [0.1, 0.15) is 36.2 Å². The third-order valence-electron chi connectivity index (χ3n) is 2.60. The minimum atomic E-state index is -0.336. The highest BCUT2D eigenvalue weighted by Crippen LogP contribution is 2.18. The van der Waals surface area contributed by atoms with E-state index < -0.39 is 0 Å². The molecule has 1 aliphatic rings. The van der Waals surface area contributed by atoms with E-state index in [0.717, 1.165) is 19.3 Å². The van der Waals surface area contributed by atoms with Crippen LogP contribution in [-0.4, -0.2) is 23.3 Å². The molecule has 2 heterocycles. The van der Waals surface area contributed by atoms with E-state index in [2.05, 4.69) is 15.9 Å². The van der Waals surface area contributed by atoms with Crippen LogP contribution in [0.4, 0.5) is 0 Å². The molecule has 0 aliphatic carbocycles. The fourth-order valence-electron chi connectivity index (χ4n) is 1.76. The normalized spacial score (nSPS) is 17.3. The van der Waals surface area contributed by atoms with Gasteiger partial charge in [-0.3, -0.25) is 14.5 Å². The molecule has 1 saturated heterocycles. The summed E-state index contributed by atoms with van der Waals surface area (Å²) in [5.41, 5.74) is 0. The van der Waals surface area contributed by atoms with Crippen LogP contribution >= 0.6 is 15.9 Å². The van der Waals surface area contributed by atoms with Crippen LogP contribution in [0.2, 0.25) is 0 Å². The van der Waals surface area contributed by atoms with E-state index in [1.165, 1.54) is 4.90 Å². The fourth-order valence-corrected chi connectivity index (χ4v) is 2.07. The molecule has 2 rings (SSSR count). The monoisotopic (exact) mass is 285 g/mol. The standard InChI is InChI=1S/C11H12BrNO3/c12-9-6-5-8(16-9)11(15)13-7-3-1-2-4-10(13)14/h5-6H,1-4,7H2. The first-order valence-electron chi connectivity index (χ1n) is 5.28.